The number of hydrogen-bond donors (Lipinski definition) is 0. The summed E-state index contributed by atoms with van der Waals surface area (Å²) in [4.78, 5) is 21.9. The molecular formula is C25H24ClN3O3S. The molecule has 0 aliphatic heterocycles. The normalized spacial score (nSPS) is 11.1. The van der Waals surface area contributed by atoms with Crippen LogP contribution in [0.5, 0.6) is 17.2 Å². The highest BCUT2D eigenvalue weighted by Gasteiger charge is 2.23. The molecule has 0 atom stereocenters. The van der Waals surface area contributed by atoms with Crippen molar-refractivity contribution in [2.45, 2.75) is 0 Å². The number of para-hydroxylation sites is 1. The van der Waals surface area contributed by atoms with Gasteiger partial charge in [0.05, 0.1) is 16.8 Å². The van der Waals surface area contributed by atoms with Crippen molar-refractivity contribution in [2.75, 3.05) is 39.2 Å². The third-order valence-electron chi connectivity index (χ3n) is 4.99. The molecule has 1 aromatic heterocycles. The number of anilines is 1. The van der Waals surface area contributed by atoms with Gasteiger partial charge in [0, 0.05) is 18.7 Å². The topological polar surface area (TPSA) is 54.9 Å². The summed E-state index contributed by atoms with van der Waals surface area (Å²) >= 11 is 7.78. The van der Waals surface area contributed by atoms with E-state index in [1.807, 2.05) is 49.3 Å². The van der Waals surface area contributed by atoms with Gasteiger partial charge < -0.3 is 14.4 Å². The summed E-state index contributed by atoms with van der Waals surface area (Å²) in [5.41, 5.74) is 1.20. The van der Waals surface area contributed by atoms with Crippen molar-refractivity contribution in [3.05, 3.63) is 77.3 Å². The number of amides is 1. The van der Waals surface area contributed by atoms with Gasteiger partial charge in [-0.15, -0.1) is 0 Å². The third-order valence-corrected chi connectivity index (χ3v) is 6.53. The summed E-state index contributed by atoms with van der Waals surface area (Å²) in [6.45, 7) is 1.16. The van der Waals surface area contributed by atoms with Crippen molar-refractivity contribution in [1.29, 1.82) is 0 Å². The van der Waals surface area contributed by atoms with Gasteiger partial charge in [-0.25, -0.2) is 4.98 Å². The number of rotatable bonds is 8. The van der Waals surface area contributed by atoms with Crippen LogP contribution in [0, 0.1) is 0 Å². The zero-order valence-corrected chi connectivity index (χ0v) is 20.2. The molecule has 4 rings (SSSR count). The predicted octanol–water partition coefficient (Wildman–Crippen LogP) is 5.96. The van der Waals surface area contributed by atoms with Crippen molar-refractivity contribution in [2.24, 2.45) is 0 Å². The number of methoxy groups -OCH3 is 1. The smallest absolute Gasteiger partial charge is 0.260 e. The molecule has 0 saturated heterocycles. The lowest BCUT2D eigenvalue weighted by Crippen LogP contribution is -2.36. The second-order valence-corrected chi connectivity index (χ2v) is 9.01. The first kappa shape index (κ1) is 23.0. The van der Waals surface area contributed by atoms with Crippen molar-refractivity contribution >= 4 is 44.2 Å². The van der Waals surface area contributed by atoms with Crippen LogP contribution in [0.25, 0.3) is 10.2 Å². The summed E-state index contributed by atoms with van der Waals surface area (Å²) in [6, 6.07) is 20.2. The standard InChI is InChI=1S/C25H24ClN3O3S/c1-28(2)15-16-29(25-27-22-21(31-3)14-13-20(26)23(22)33-25)24(30)17-9-11-19(12-10-17)32-18-7-5-4-6-8-18/h4-14H,15-16H2,1-3H3. The molecule has 3 aromatic carbocycles. The van der Waals surface area contributed by atoms with Gasteiger partial charge in [-0.3, -0.25) is 9.69 Å². The average Bonchev–Trinajstić information content (AvgIpc) is 3.26. The minimum absolute atomic E-state index is 0.141. The first-order chi connectivity index (χ1) is 16.0. The zero-order valence-electron chi connectivity index (χ0n) is 18.6. The van der Waals surface area contributed by atoms with Gasteiger partial charge in [0.1, 0.15) is 22.8 Å². The number of carbonyl (C=O) groups excluding carboxylic acids is 1. The lowest BCUT2D eigenvalue weighted by atomic mass is 10.2. The Morgan fingerprint density at radius 3 is 2.33 bits per heavy atom. The average molecular weight is 482 g/mol. The van der Waals surface area contributed by atoms with E-state index in [-0.39, 0.29) is 5.91 Å². The van der Waals surface area contributed by atoms with Gasteiger partial charge in [0.2, 0.25) is 0 Å². The highest BCUT2D eigenvalue weighted by molar-refractivity contribution is 7.23. The predicted molar refractivity (Wildman–Crippen MR) is 134 cm³/mol. The highest BCUT2D eigenvalue weighted by Crippen LogP contribution is 2.39. The second kappa shape index (κ2) is 10.2. The number of nitrogens with zero attached hydrogens (tertiary/aromatic N) is 3. The van der Waals surface area contributed by atoms with E-state index in [1.54, 1.807) is 48.4 Å². The quantitative estimate of drug-likeness (QED) is 0.311. The Labute approximate surface area is 201 Å². The molecule has 6 nitrogen and oxygen atoms in total. The number of fused-ring (bicyclic) bond motifs is 1. The lowest BCUT2D eigenvalue weighted by molar-refractivity contribution is 0.0985. The van der Waals surface area contributed by atoms with Gasteiger partial charge in [-0.2, -0.15) is 0 Å². The fourth-order valence-corrected chi connectivity index (χ4v) is 4.53. The number of halogens is 1. The minimum atomic E-state index is -0.141. The first-order valence-corrected chi connectivity index (χ1v) is 11.6. The summed E-state index contributed by atoms with van der Waals surface area (Å²) in [5, 5.41) is 1.16. The van der Waals surface area contributed by atoms with Crippen LogP contribution in [0.1, 0.15) is 10.4 Å². The third kappa shape index (κ3) is 5.27. The SMILES string of the molecule is COc1ccc(Cl)c2sc(N(CCN(C)C)C(=O)c3ccc(Oc4ccccc4)cc3)nc12. The Morgan fingerprint density at radius 2 is 1.67 bits per heavy atom. The lowest BCUT2D eigenvalue weighted by Gasteiger charge is -2.22. The van der Waals surface area contributed by atoms with E-state index in [4.69, 9.17) is 26.1 Å². The number of hydrogen-bond acceptors (Lipinski definition) is 6. The molecule has 0 unspecified atom stereocenters. The summed E-state index contributed by atoms with van der Waals surface area (Å²) in [7, 11) is 5.53. The van der Waals surface area contributed by atoms with E-state index in [0.717, 1.165) is 10.4 Å². The van der Waals surface area contributed by atoms with Gasteiger partial charge in [-0.05, 0) is 62.6 Å². The van der Waals surface area contributed by atoms with Crippen LogP contribution in [0.3, 0.4) is 0 Å². The van der Waals surface area contributed by atoms with E-state index >= 15 is 0 Å². The maximum absolute atomic E-state index is 13.5. The molecule has 1 heterocycles. The Morgan fingerprint density at radius 1 is 0.970 bits per heavy atom. The molecule has 8 heteroatoms. The zero-order chi connectivity index (χ0) is 23.4. The number of likely N-dealkylation sites (N-methyl/N-ethyl adjacent to an activating group) is 1. The van der Waals surface area contributed by atoms with Crippen LogP contribution in [0.2, 0.25) is 5.02 Å². The molecule has 33 heavy (non-hydrogen) atoms. The Hall–Kier alpha value is -3.13. The Balaban J connectivity index is 1.63. The fraction of sp³-hybridized carbons (Fsp3) is 0.200. The first-order valence-electron chi connectivity index (χ1n) is 10.4. The van der Waals surface area contributed by atoms with Crippen LogP contribution in [-0.4, -0.2) is 50.1 Å². The summed E-state index contributed by atoms with van der Waals surface area (Å²) in [5.74, 6) is 1.88. The second-order valence-electron chi connectivity index (χ2n) is 7.62. The van der Waals surface area contributed by atoms with Crippen molar-refractivity contribution in [1.82, 2.24) is 9.88 Å². The van der Waals surface area contributed by atoms with Crippen molar-refractivity contribution < 1.29 is 14.3 Å². The Kier molecular flexibility index (Phi) is 7.13. The van der Waals surface area contributed by atoms with Crippen LogP contribution < -0.4 is 14.4 Å². The molecular weight excluding hydrogens is 458 g/mol. The van der Waals surface area contributed by atoms with E-state index in [9.17, 15) is 4.79 Å². The monoisotopic (exact) mass is 481 g/mol. The van der Waals surface area contributed by atoms with Gasteiger partial charge in [0.15, 0.2) is 5.13 Å². The molecule has 170 valence electrons. The van der Waals surface area contributed by atoms with Crippen molar-refractivity contribution in [3.63, 3.8) is 0 Å². The van der Waals surface area contributed by atoms with E-state index in [1.165, 1.54) is 11.3 Å². The van der Waals surface area contributed by atoms with E-state index in [0.29, 0.717) is 45.8 Å². The van der Waals surface area contributed by atoms with Crippen molar-refractivity contribution in [3.8, 4) is 17.2 Å². The molecule has 0 radical (unpaired) electrons. The molecule has 1 amide bonds. The largest absolute Gasteiger partial charge is 0.494 e. The molecule has 0 N–H and O–H groups in total. The van der Waals surface area contributed by atoms with Crippen LogP contribution in [0.15, 0.2) is 66.7 Å². The number of benzene rings is 3. The van der Waals surface area contributed by atoms with E-state index in [2.05, 4.69) is 0 Å². The van der Waals surface area contributed by atoms with Gasteiger partial charge in [-0.1, -0.05) is 41.1 Å². The van der Waals surface area contributed by atoms with Gasteiger partial charge in [0.25, 0.3) is 5.91 Å². The molecule has 0 fully saturated rings. The molecule has 0 aliphatic rings. The number of carbonyl (C=O) groups is 1. The number of thiazole rings is 1. The molecule has 0 saturated carbocycles. The molecule has 0 bridgehead atoms. The highest BCUT2D eigenvalue weighted by atomic mass is 35.5. The van der Waals surface area contributed by atoms with E-state index < -0.39 is 0 Å². The van der Waals surface area contributed by atoms with Crippen LogP contribution >= 0.6 is 22.9 Å². The Bertz CT molecular complexity index is 1240. The van der Waals surface area contributed by atoms with Gasteiger partial charge >= 0.3 is 0 Å². The molecule has 0 spiro atoms. The molecule has 4 aromatic rings. The fourth-order valence-electron chi connectivity index (χ4n) is 3.25. The number of aromatic nitrogens is 1. The summed E-state index contributed by atoms with van der Waals surface area (Å²) in [6.07, 6.45) is 0. The van der Waals surface area contributed by atoms with Crippen LogP contribution in [-0.2, 0) is 0 Å². The summed E-state index contributed by atoms with van der Waals surface area (Å²) < 4.78 is 12.1. The maximum atomic E-state index is 13.5. The molecule has 0 aliphatic carbocycles. The minimum Gasteiger partial charge on any atom is -0.494 e. The maximum Gasteiger partial charge on any atom is 0.260 e. The number of ether oxygens (including phenoxy) is 2. The van der Waals surface area contributed by atoms with Crippen LogP contribution in [0.4, 0.5) is 5.13 Å².